The number of halogens is 2. The highest BCUT2D eigenvalue weighted by Crippen LogP contribution is 2.33. The number of nitrogen functional groups attached to an aromatic ring is 1. The van der Waals surface area contributed by atoms with Crippen LogP contribution in [0.25, 0.3) is 16.9 Å². The fraction of sp³-hybridized carbons (Fsp3) is 0.238. The second kappa shape index (κ2) is 7.75. The van der Waals surface area contributed by atoms with Crippen LogP contribution in [0.4, 0.5) is 14.6 Å². The molecular weight excluding hydrogens is 388 g/mol. The van der Waals surface area contributed by atoms with Crippen LogP contribution < -0.4 is 11.5 Å². The molecule has 1 unspecified atom stereocenters. The van der Waals surface area contributed by atoms with Crippen molar-refractivity contribution in [3.63, 3.8) is 0 Å². The summed E-state index contributed by atoms with van der Waals surface area (Å²) >= 11 is 0. The van der Waals surface area contributed by atoms with Crippen molar-refractivity contribution in [2.24, 2.45) is 5.73 Å². The second-order valence-corrected chi connectivity index (χ2v) is 7.44. The normalized spacial score (nSPS) is 12.6. The highest BCUT2D eigenvalue weighted by Gasteiger charge is 2.22. The zero-order chi connectivity index (χ0) is 21.4. The van der Waals surface area contributed by atoms with Crippen molar-refractivity contribution >= 4 is 11.6 Å². The van der Waals surface area contributed by atoms with E-state index in [1.165, 1.54) is 23.0 Å². The van der Waals surface area contributed by atoms with Gasteiger partial charge in [0.2, 0.25) is 0 Å². The number of anilines is 1. The van der Waals surface area contributed by atoms with Crippen molar-refractivity contribution in [3.8, 4) is 11.1 Å². The summed E-state index contributed by atoms with van der Waals surface area (Å²) in [6.07, 6.45) is 3.22. The van der Waals surface area contributed by atoms with Crippen molar-refractivity contribution in [3.05, 3.63) is 71.4 Å². The van der Waals surface area contributed by atoms with E-state index in [9.17, 15) is 8.78 Å². The number of benzene rings is 1. The number of nitrogens with two attached hydrogens (primary N) is 2. The van der Waals surface area contributed by atoms with Crippen LogP contribution >= 0.6 is 0 Å². The summed E-state index contributed by atoms with van der Waals surface area (Å²) in [5.41, 5.74) is 15.9. The fourth-order valence-electron chi connectivity index (χ4n) is 3.42. The van der Waals surface area contributed by atoms with Gasteiger partial charge in [0.15, 0.2) is 0 Å². The third-order valence-corrected chi connectivity index (χ3v) is 4.89. The first-order chi connectivity index (χ1) is 14.3. The molecule has 3 aromatic heterocycles. The maximum Gasteiger partial charge on any atom is 0.254 e. The number of fused-ring (bicyclic) bond motifs is 1. The first-order valence-electron chi connectivity index (χ1n) is 9.49. The van der Waals surface area contributed by atoms with Gasteiger partial charge in [0, 0.05) is 29.1 Å². The van der Waals surface area contributed by atoms with E-state index < -0.39 is 17.7 Å². The number of aromatic nitrogens is 5. The lowest BCUT2D eigenvalue weighted by Gasteiger charge is -2.18. The van der Waals surface area contributed by atoms with Crippen molar-refractivity contribution in [2.75, 3.05) is 5.73 Å². The van der Waals surface area contributed by atoms with Crippen LogP contribution in [0, 0.1) is 11.6 Å². The Hall–Kier alpha value is -3.46. The van der Waals surface area contributed by atoms with E-state index in [-0.39, 0.29) is 12.3 Å². The minimum absolute atomic E-state index is 0.163. The van der Waals surface area contributed by atoms with E-state index in [4.69, 9.17) is 11.5 Å². The highest BCUT2D eigenvalue weighted by atomic mass is 19.1. The molecule has 7 nitrogen and oxygen atoms in total. The molecule has 4 rings (SSSR count). The highest BCUT2D eigenvalue weighted by molar-refractivity contribution is 5.77. The molecule has 0 radical (unpaired) electrons. The van der Waals surface area contributed by atoms with Crippen molar-refractivity contribution in [1.82, 2.24) is 24.6 Å². The van der Waals surface area contributed by atoms with Gasteiger partial charge in [-0.25, -0.2) is 13.8 Å². The standard InChI is InChI=1S/C21H21F2N7/c1-11(2)17-4-3-13(9-26-17)18-19(29-21-27-10-28-30(21)20(18)25)16(24)7-12-5-14(22)8-15(23)6-12/h3-6,8-11,16H,7,24-25H2,1-2H3. The third-order valence-electron chi connectivity index (χ3n) is 4.89. The average molecular weight is 409 g/mol. The lowest BCUT2D eigenvalue weighted by atomic mass is 9.96. The molecule has 1 aromatic carbocycles. The zero-order valence-electron chi connectivity index (χ0n) is 16.5. The Balaban J connectivity index is 1.82. The number of hydrogen-bond donors (Lipinski definition) is 2. The molecule has 0 aliphatic carbocycles. The average Bonchev–Trinajstić information content (AvgIpc) is 3.16. The molecule has 4 aromatic rings. The predicted octanol–water partition coefficient (Wildman–Crippen LogP) is 3.41. The minimum Gasteiger partial charge on any atom is -0.383 e. The summed E-state index contributed by atoms with van der Waals surface area (Å²) in [5.74, 6) is -0.444. The van der Waals surface area contributed by atoms with Crippen LogP contribution in [0.1, 0.15) is 42.8 Å². The number of rotatable bonds is 5. The Morgan fingerprint density at radius 3 is 2.43 bits per heavy atom. The maximum absolute atomic E-state index is 13.6. The van der Waals surface area contributed by atoms with Crippen molar-refractivity contribution in [1.29, 1.82) is 0 Å². The molecule has 0 aliphatic rings. The third kappa shape index (κ3) is 3.71. The smallest absolute Gasteiger partial charge is 0.254 e. The Morgan fingerprint density at radius 1 is 1.07 bits per heavy atom. The Morgan fingerprint density at radius 2 is 1.80 bits per heavy atom. The lowest BCUT2D eigenvalue weighted by Crippen LogP contribution is -2.19. The van der Waals surface area contributed by atoms with Crippen molar-refractivity contribution < 1.29 is 8.78 Å². The van der Waals surface area contributed by atoms with Crippen LogP contribution in [-0.2, 0) is 6.42 Å². The van der Waals surface area contributed by atoms with Crippen molar-refractivity contribution in [2.45, 2.75) is 32.2 Å². The largest absolute Gasteiger partial charge is 0.383 e. The van der Waals surface area contributed by atoms with Gasteiger partial charge < -0.3 is 11.5 Å². The summed E-state index contributed by atoms with van der Waals surface area (Å²) in [7, 11) is 0. The molecule has 1 atom stereocenters. The molecule has 0 amide bonds. The van der Waals surface area contributed by atoms with Crippen LogP contribution in [0.15, 0.2) is 42.9 Å². The molecule has 0 saturated heterocycles. The molecule has 3 heterocycles. The molecule has 9 heteroatoms. The Bertz CT molecular complexity index is 1180. The Labute approximate surface area is 171 Å². The topological polar surface area (TPSA) is 108 Å². The van der Waals surface area contributed by atoms with E-state index in [0.29, 0.717) is 28.4 Å². The summed E-state index contributed by atoms with van der Waals surface area (Å²) in [6, 6.07) is 6.45. The lowest BCUT2D eigenvalue weighted by molar-refractivity contribution is 0.575. The molecular formula is C21H21F2N7. The van der Waals surface area contributed by atoms with Gasteiger partial charge >= 0.3 is 0 Å². The van der Waals surface area contributed by atoms with Crippen LogP contribution in [0.5, 0.6) is 0 Å². The van der Waals surface area contributed by atoms with Crippen LogP contribution in [0.3, 0.4) is 0 Å². The van der Waals surface area contributed by atoms with E-state index in [2.05, 4.69) is 33.9 Å². The van der Waals surface area contributed by atoms with Crippen LogP contribution in [0.2, 0.25) is 0 Å². The molecule has 4 N–H and O–H groups in total. The SMILES string of the molecule is CC(C)c1ccc(-c2c(C(N)Cc3cc(F)cc(F)c3)nc3ncnn3c2N)cn1. The summed E-state index contributed by atoms with van der Waals surface area (Å²) in [6.45, 7) is 4.11. The molecule has 0 aliphatic heterocycles. The zero-order valence-corrected chi connectivity index (χ0v) is 16.5. The van der Waals surface area contributed by atoms with Gasteiger partial charge in [-0.2, -0.15) is 14.6 Å². The number of hydrogen-bond acceptors (Lipinski definition) is 6. The molecule has 0 fully saturated rings. The maximum atomic E-state index is 13.6. The van der Waals surface area contributed by atoms with Gasteiger partial charge in [-0.15, -0.1) is 0 Å². The summed E-state index contributed by atoms with van der Waals surface area (Å²) in [5, 5.41) is 4.12. The molecule has 30 heavy (non-hydrogen) atoms. The van der Waals surface area contributed by atoms with E-state index in [1.54, 1.807) is 6.20 Å². The van der Waals surface area contributed by atoms with Gasteiger partial charge in [-0.05, 0) is 36.1 Å². The van der Waals surface area contributed by atoms with Gasteiger partial charge in [0.05, 0.1) is 11.7 Å². The van der Waals surface area contributed by atoms with Gasteiger partial charge in [-0.3, -0.25) is 4.98 Å². The summed E-state index contributed by atoms with van der Waals surface area (Å²) < 4.78 is 28.6. The van der Waals surface area contributed by atoms with E-state index >= 15 is 0 Å². The van der Waals surface area contributed by atoms with Gasteiger partial charge in [-0.1, -0.05) is 19.9 Å². The number of nitrogens with zero attached hydrogens (tertiary/aromatic N) is 5. The monoisotopic (exact) mass is 409 g/mol. The number of pyridine rings is 1. The minimum atomic E-state index is -0.685. The van der Waals surface area contributed by atoms with E-state index in [1.807, 2.05) is 12.1 Å². The first-order valence-corrected chi connectivity index (χ1v) is 9.49. The van der Waals surface area contributed by atoms with Gasteiger partial charge in [0.1, 0.15) is 23.8 Å². The quantitative estimate of drug-likeness (QED) is 0.523. The molecule has 0 spiro atoms. The van der Waals surface area contributed by atoms with Crippen LogP contribution in [-0.4, -0.2) is 24.6 Å². The predicted molar refractivity (Wildman–Crippen MR) is 110 cm³/mol. The molecule has 0 saturated carbocycles. The summed E-state index contributed by atoms with van der Waals surface area (Å²) in [4.78, 5) is 13.1. The van der Waals surface area contributed by atoms with Gasteiger partial charge in [0.25, 0.3) is 5.78 Å². The second-order valence-electron chi connectivity index (χ2n) is 7.44. The van der Waals surface area contributed by atoms with E-state index in [0.717, 1.165) is 17.3 Å². The Kier molecular flexibility index (Phi) is 5.13. The fourth-order valence-corrected chi connectivity index (χ4v) is 3.42. The first kappa shape index (κ1) is 19.8. The molecule has 0 bridgehead atoms. The molecule has 154 valence electrons.